The summed E-state index contributed by atoms with van der Waals surface area (Å²) < 4.78 is 29.2. The molecule has 0 amide bonds. The Morgan fingerprint density at radius 2 is 1.62 bits per heavy atom. The van der Waals surface area contributed by atoms with Crippen LogP contribution < -0.4 is 0 Å². The third-order valence-corrected chi connectivity index (χ3v) is 5.57. The van der Waals surface area contributed by atoms with Gasteiger partial charge in [0.25, 0.3) is 0 Å². The molecule has 0 aliphatic heterocycles. The van der Waals surface area contributed by atoms with Gasteiger partial charge in [-0.3, -0.25) is 0 Å². The summed E-state index contributed by atoms with van der Waals surface area (Å²) >= 11 is 1.33. The van der Waals surface area contributed by atoms with Crippen molar-refractivity contribution in [3.8, 4) is 21.6 Å². The molecule has 0 fully saturated rings. The minimum absolute atomic E-state index is 0.0306. The van der Waals surface area contributed by atoms with Gasteiger partial charge in [0.2, 0.25) is 0 Å². The predicted molar refractivity (Wildman–Crippen MR) is 108 cm³/mol. The van der Waals surface area contributed by atoms with E-state index < -0.39 is 11.6 Å². The first-order valence-electron chi connectivity index (χ1n) is 8.93. The van der Waals surface area contributed by atoms with Crippen molar-refractivity contribution in [2.24, 2.45) is 0 Å². The Bertz CT molecular complexity index is 868. The van der Waals surface area contributed by atoms with E-state index in [0.29, 0.717) is 10.4 Å². The lowest BCUT2D eigenvalue weighted by molar-refractivity contribution is 0.591. The third kappa shape index (κ3) is 4.10. The Kier molecular flexibility index (Phi) is 6.00. The summed E-state index contributed by atoms with van der Waals surface area (Å²) in [5, 5.41) is 0. The molecule has 134 valence electrons. The van der Waals surface area contributed by atoms with Crippen LogP contribution in [0.3, 0.4) is 0 Å². The average Bonchev–Trinajstić information content (AvgIpc) is 3.10. The van der Waals surface area contributed by atoms with Crippen LogP contribution in [0.15, 0.2) is 55.1 Å². The van der Waals surface area contributed by atoms with Gasteiger partial charge in [0.05, 0.1) is 5.56 Å². The number of benzene rings is 2. The highest BCUT2D eigenvalue weighted by atomic mass is 32.1. The first kappa shape index (κ1) is 18.5. The zero-order chi connectivity index (χ0) is 18.5. The Labute approximate surface area is 157 Å². The molecule has 0 spiro atoms. The molecule has 2 aromatic carbocycles. The Morgan fingerprint density at radius 3 is 2.19 bits per heavy atom. The summed E-state index contributed by atoms with van der Waals surface area (Å²) in [7, 11) is 0. The zero-order valence-corrected chi connectivity index (χ0v) is 15.7. The second-order valence-corrected chi connectivity index (χ2v) is 7.49. The Hall–Kier alpha value is -2.26. The molecule has 0 unspecified atom stereocenters. The van der Waals surface area contributed by atoms with Gasteiger partial charge in [-0.05, 0) is 53.8 Å². The van der Waals surface area contributed by atoms with E-state index in [9.17, 15) is 8.78 Å². The number of rotatable bonds is 7. The van der Waals surface area contributed by atoms with Crippen LogP contribution in [-0.2, 0) is 6.42 Å². The van der Waals surface area contributed by atoms with E-state index in [1.807, 2.05) is 30.3 Å². The van der Waals surface area contributed by atoms with Crippen molar-refractivity contribution >= 4 is 17.4 Å². The van der Waals surface area contributed by atoms with E-state index in [-0.39, 0.29) is 5.56 Å². The van der Waals surface area contributed by atoms with Crippen LogP contribution in [0.5, 0.6) is 0 Å². The molecule has 1 aromatic heterocycles. The van der Waals surface area contributed by atoms with Crippen LogP contribution in [-0.4, -0.2) is 0 Å². The van der Waals surface area contributed by atoms with Gasteiger partial charge in [0.15, 0.2) is 0 Å². The second-order valence-electron chi connectivity index (χ2n) is 6.38. The van der Waals surface area contributed by atoms with E-state index in [0.717, 1.165) is 16.9 Å². The SMILES string of the molecule is C=Cc1ccc(-c2c(F)cc(-c3ccc(CCCCC)cc3)cc2F)s1. The molecule has 1 heterocycles. The molecular weight excluding hydrogens is 346 g/mol. The first-order chi connectivity index (χ1) is 12.6. The average molecular weight is 368 g/mol. The second kappa shape index (κ2) is 8.41. The quantitative estimate of drug-likeness (QED) is 0.374. The minimum atomic E-state index is -0.538. The fourth-order valence-corrected chi connectivity index (χ4v) is 3.92. The van der Waals surface area contributed by atoms with Gasteiger partial charge >= 0.3 is 0 Å². The zero-order valence-electron chi connectivity index (χ0n) is 14.9. The molecule has 3 aromatic rings. The van der Waals surface area contributed by atoms with Gasteiger partial charge in [0, 0.05) is 9.75 Å². The Balaban J connectivity index is 1.86. The third-order valence-electron chi connectivity index (χ3n) is 4.47. The molecule has 0 aliphatic rings. The molecular formula is C23H22F2S. The highest BCUT2D eigenvalue weighted by molar-refractivity contribution is 7.16. The van der Waals surface area contributed by atoms with Crippen molar-refractivity contribution in [3.63, 3.8) is 0 Å². The summed E-state index contributed by atoms with van der Waals surface area (Å²) in [5.41, 5.74) is 2.68. The molecule has 0 saturated carbocycles. The van der Waals surface area contributed by atoms with Crippen molar-refractivity contribution in [2.75, 3.05) is 0 Å². The standard InChI is InChI=1S/C23H22F2S/c1-3-5-6-7-16-8-10-17(11-9-16)18-14-20(24)23(21(25)15-18)22-13-12-19(4-2)26-22/h4,8-15H,2-3,5-7H2,1H3. The highest BCUT2D eigenvalue weighted by Crippen LogP contribution is 2.35. The van der Waals surface area contributed by atoms with Crippen molar-refractivity contribution in [1.29, 1.82) is 0 Å². The van der Waals surface area contributed by atoms with Gasteiger partial charge in [-0.25, -0.2) is 8.78 Å². The van der Waals surface area contributed by atoms with Crippen LogP contribution in [0, 0.1) is 11.6 Å². The maximum atomic E-state index is 14.6. The van der Waals surface area contributed by atoms with E-state index in [1.165, 1.54) is 48.3 Å². The summed E-state index contributed by atoms with van der Waals surface area (Å²) in [6.07, 6.45) is 6.30. The van der Waals surface area contributed by atoms with Crippen LogP contribution in [0.25, 0.3) is 27.6 Å². The van der Waals surface area contributed by atoms with E-state index >= 15 is 0 Å². The molecule has 0 aliphatic carbocycles. The minimum Gasteiger partial charge on any atom is -0.206 e. The van der Waals surface area contributed by atoms with Crippen molar-refractivity contribution in [3.05, 3.63) is 77.2 Å². The van der Waals surface area contributed by atoms with Gasteiger partial charge in [-0.2, -0.15) is 0 Å². The molecule has 26 heavy (non-hydrogen) atoms. The summed E-state index contributed by atoms with van der Waals surface area (Å²) in [6.45, 7) is 5.87. The van der Waals surface area contributed by atoms with Crippen molar-refractivity contribution in [1.82, 2.24) is 0 Å². The normalized spacial score (nSPS) is 10.9. The fraction of sp³-hybridized carbons (Fsp3) is 0.217. The summed E-state index contributed by atoms with van der Waals surface area (Å²) in [4.78, 5) is 1.47. The molecule has 3 heteroatoms. The number of thiophene rings is 1. The molecule has 0 radical (unpaired) electrons. The van der Waals surface area contributed by atoms with Crippen LogP contribution in [0.1, 0.15) is 36.6 Å². The number of hydrogen-bond donors (Lipinski definition) is 0. The van der Waals surface area contributed by atoms with Crippen LogP contribution >= 0.6 is 11.3 Å². The molecule has 0 saturated heterocycles. The van der Waals surface area contributed by atoms with E-state index in [2.05, 4.69) is 13.5 Å². The van der Waals surface area contributed by atoms with Gasteiger partial charge in [-0.15, -0.1) is 11.3 Å². The topological polar surface area (TPSA) is 0 Å². The maximum absolute atomic E-state index is 14.6. The lowest BCUT2D eigenvalue weighted by atomic mass is 9.99. The molecule has 0 N–H and O–H groups in total. The molecule has 0 bridgehead atoms. The highest BCUT2D eigenvalue weighted by Gasteiger charge is 2.15. The monoisotopic (exact) mass is 368 g/mol. The molecule has 0 atom stereocenters. The fourth-order valence-electron chi connectivity index (χ4n) is 3.02. The van der Waals surface area contributed by atoms with Crippen LogP contribution in [0.4, 0.5) is 8.78 Å². The first-order valence-corrected chi connectivity index (χ1v) is 9.75. The lowest BCUT2D eigenvalue weighted by Gasteiger charge is -2.08. The number of unbranched alkanes of at least 4 members (excludes halogenated alkanes) is 2. The number of hydrogen-bond acceptors (Lipinski definition) is 1. The predicted octanol–water partition coefficient (Wildman–Crippen LogP) is 7.74. The maximum Gasteiger partial charge on any atom is 0.135 e. The summed E-state index contributed by atoms with van der Waals surface area (Å²) in [5.74, 6) is -1.08. The van der Waals surface area contributed by atoms with Crippen molar-refractivity contribution in [2.45, 2.75) is 32.6 Å². The van der Waals surface area contributed by atoms with E-state index in [4.69, 9.17) is 0 Å². The molecule has 3 rings (SSSR count). The Morgan fingerprint density at radius 1 is 0.923 bits per heavy atom. The largest absolute Gasteiger partial charge is 0.206 e. The van der Waals surface area contributed by atoms with Gasteiger partial charge in [0.1, 0.15) is 11.6 Å². The smallest absolute Gasteiger partial charge is 0.135 e. The van der Waals surface area contributed by atoms with Crippen LogP contribution in [0.2, 0.25) is 0 Å². The molecule has 0 nitrogen and oxygen atoms in total. The van der Waals surface area contributed by atoms with Gasteiger partial charge < -0.3 is 0 Å². The number of aryl methyl sites for hydroxylation is 1. The lowest BCUT2D eigenvalue weighted by Crippen LogP contribution is -1.91. The number of halogens is 2. The summed E-state index contributed by atoms with van der Waals surface area (Å²) in [6, 6.07) is 14.3. The van der Waals surface area contributed by atoms with Gasteiger partial charge in [-0.1, -0.05) is 56.7 Å². The van der Waals surface area contributed by atoms with E-state index in [1.54, 1.807) is 12.1 Å². The van der Waals surface area contributed by atoms with Crippen molar-refractivity contribution < 1.29 is 8.78 Å².